The molecule has 2 aromatic heterocycles. The van der Waals surface area contributed by atoms with Crippen LogP contribution in [0.5, 0.6) is 0 Å². The fraction of sp³-hybridized carbons (Fsp3) is 0.103. The summed E-state index contributed by atoms with van der Waals surface area (Å²) < 4.78 is 43.3. The topological polar surface area (TPSA) is 29.0 Å². The van der Waals surface area contributed by atoms with E-state index in [1.165, 1.54) is 6.07 Å². The van der Waals surface area contributed by atoms with Gasteiger partial charge in [0.1, 0.15) is 5.15 Å². The van der Waals surface area contributed by atoms with Crippen molar-refractivity contribution >= 4 is 28.2 Å². The minimum atomic E-state index is -4.57. The Morgan fingerprint density at radius 2 is 1.39 bits per heavy atom. The number of hydrogen-bond donors (Lipinski definition) is 0. The number of alkyl halides is 3. The van der Waals surface area contributed by atoms with Crippen LogP contribution in [0.1, 0.15) is 16.7 Å². The van der Waals surface area contributed by atoms with Crippen molar-refractivity contribution in [2.45, 2.75) is 19.3 Å². The first-order valence-corrected chi connectivity index (χ1v) is 11.7. The first kappa shape index (κ1) is 23.8. The van der Waals surface area contributed by atoms with Crippen molar-refractivity contribution in [2.24, 2.45) is 0 Å². The molecule has 0 saturated carbocycles. The van der Waals surface area contributed by atoms with E-state index in [0.717, 1.165) is 17.2 Å². The number of benzene rings is 3. The fourth-order valence-corrected chi connectivity index (χ4v) is 4.47. The summed E-state index contributed by atoms with van der Waals surface area (Å²) in [4.78, 5) is 10.4. The monoisotopic (exact) mass is 503 g/mol. The van der Waals surface area contributed by atoms with Crippen LogP contribution in [0.2, 0.25) is 5.15 Å². The summed E-state index contributed by atoms with van der Waals surface area (Å²) in [5.74, 6) is 0. The first-order chi connectivity index (χ1) is 17.4. The summed E-state index contributed by atoms with van der Waals surface area (Å²) in [6, 6.07) is 28.4. The number of aromatic nitrogens is 2. The molecule has 5 rings (SSSR count). The molecule has 3 nitrogen and oxygen atoms in total. The van der Waals surface area contributed by atoms with Crippen LogP contribution in [0.4, 0.5) is 18.9 Å². The van der Waals surface area contributed by atoms with Crippen molar-refractivity contribution in [3.8, 4) is 11.3 Å². The standard InChI is InChI=1S/C29H21ClF3N3/c30-28-23-12-7-15-34-26(23)17-25(35-28)22-13-14-27(24(16-22)29(31,32)33)36(18-20-8-3-1-4-9-20)19-21-10-5-2-6-11-21/h1-17H,18-19H2. The van der Waals surface area contributed by atoms with Gasteiger partial charge in [0, 0.05) is 35.9 Å². The van der Waals surface area contributed by atoms with Crippen molar-refractivity contribution in [1.82, 2.24) is 9.97 Å². The molecule has 180 valence electrons. The van der Waals surface area contributed by atoms with Crippen LogP contribution in [0.3, 0.4) is 0 Å². The van der Waals surface area contributed by atoms with Crippen LogP contribution in [0.25, 0.3) is 22.2 Å². The molecule has 0 radical (unpaired) electrons. The summed E-state index contributed by atoms with van der Waals surface area (Å²) in [6.45, 7) is 0.643. The molecule has 0 fully saturated rings. The van der Waals surface area contributed by atoms with Gasteiger partial charge in [0.25, 0.3) is 0 Å². The zero-order chi connectivity index (χ0) is 25.1. The molecule has 0 atom stereocenters. The van der Waals surface area contributed by atoms with Crippen molar-refractivity contribution in [3.05, 3.63) is 125 Å². The molecule has 0 N–H and O–H groups in total. The highest BCUT2D eigenvalue weighted by Gasteiger charge is 2.35. The predicted molar refractivity (Wildman–Crippen MR) is 138 cm³/mol. The maximum absolute atomic E-state index is 14.4. The third kappa shape index (κ3) is 5.19. The number of fused-ring (bicyclic) bond motifs is 1. The van der Waals surface area contributed by atoms with Crippen molar-refractivity contribution in [1.29, 1.82) is 0 Å². The van der Waals surface area contributed by atoms with Crippen LogP contribution in [-0.4, -0.2) is 9.97 Å². The molecule has 5 aromatic rings. The zero-order valence-corrected chi connectivity index (χ0v) is 19.8. The number of nitrogens with zero attached hydrogens (tertiary/aromatic N) is 3. The molecule has 0 spiro atoms. The van der Waals surface area contributed by atoms with Crippen LogP contribution < -0.4 is 4.90 Å². The van der Waals surface area contributed by atoms with Gasteiger partial charge < -0.3 is 4.90 Å². The van der Waals surface area contributed by atoms with Gasteiger partial charge in [-0.15, -0.1) is 0 Å². The molecule has 0 saturated heterocycles. The van der Waals surface area contributed by atoms with E-state index in [2.05, 4.69) is 9.97 Å². The van der Waals surface area contributed by atoms with Gasteiger partial charge in [-0.3, -0.25) is 4.98 Å². The van der Waals surface area contributed by atoms with Gasteiger partial charge in [0.05, 0.1) is 16.8 Å². The Labute approximate surface area is 211 Å². The van der Waals surface area contributed by atoms with E-state index in [1.807, 2.05) is 60.7 Å². The molecule has 0 aliphatic heterocycles. The van der Waals surface area contributed by atoms with Gasteiger partial charge in [-0.2, -0.15) is 13.2 Å². The van der Waals surface area contributed by atoms with E-state index in [1.54, 1.807) is 35.4 Å². The maximum Gasteiger partial charge on any atom is 0.418 e. The minimum Gasteiger partial charge on any atom is -0.362 e. The Hall–Kier alpha value is -3.90. The molecule has 0 aliphatic rings. The zero-order valence-electron chi connectivity index (χ0n) is 19.1. The van der Waals surface area contributed by atoms with E-state index in [0.29, 0.717) is 35.2 Å². The van der Waals surface area contributed by atoms with Gasteiger partial charge in [0.15, 0.2) is 0 Å². The summed E-state index contributed by atoms with van der Waals surface area (Å²) in [6.07, 6.45) is -2.96. The summed E-state index contributed by atoms with van der Waals surface area (Å²) in [7, 11) is 0. The molecule has 36 heavy (non-hydrogen) atoms. The third-order valence-electron chi connectivity index (χ3n) is 5.92. The van der Waals surface area contributed by atoms with E-state index in [-0.39, 0.29) is 10.8 Å². The number of rotatable bonds is 6. The van der Waals surface area contributed by atoms with Crippen LogP contribution in [0.15, 0.2) is 103 Å². The molecule has 7 heteroatoms. The van der Waals surface area contributed by atoms with Crippen molar-refractivity contribution in [3.63, 3.8) is 0 Å². The highest BCUT2D eigenvalue weighted by atomic mass is 35.5. The number of anilines is 1. The lowest BCUT2D eigenvalue weighted by Crippen LogP contribution is -2.25. The molecule has 3 aromatic carbocycles. The molecule has 0 bridgehead atoms. The maximum atomic E-state index is 14.4. The Kier molecular flexibility index (Phi) is 6.61. The number of pyridine rings is 2. The molecule has 0 amide bonds. The Morgan fingerprint density at radius 3 is 2.00 bits per heavy atom. The smallest absolute Gasteiger partial charge is 0.362 e. The highest BCUT2D eigenvalue weighted by Crippen LogP contribution is 2.40. The lowest BCUT2D eigenvalue weighted by Gasteiger charge is -2.28. The fourth-order valence-electron chi connectivity index (χ4n) is 4.21. The van der Waals surface area contributed by atoms with Gasteiger partial charge in [-0.1, -0.05) is 78.3 Å². The summed E-state index contributed by atoms with van der Waals surface area (Å²) >= 11 is 6.32. The van der Waals surface area contributed by atoms with Crippen LogP contribution in [0, 0.1) is 0 Å². The predicted octanol–water partition coefficient (Wildman–Crippen LogP) is 8.18. The average molecular weight is 504 g/mol. The van der Waals surface area contributed by atoms with Crippen molar-refractivity contribution < 1.29 is 13.2 Å². The van der Waals surface area contributed by atoms with Crippen molar-refractivity contribution in [2.75, 3.05) is 4.90 Å². The molecule has 2 heterocycles. The molecular weight excluding hydrogens is 483 g/mol. The number of hydrogen-bond acceptors (Lipinski definition) is 3. The van der Waals surface area contributed by atoms with Gasteiger partial charge >= 0.3 is 6.18 Å². The highest BCUT2D eigenvalue weighted by molar-refractivity contribution is 6.34. The largest absolute Gasteiger partial charge is 0.418 e. The second kappa shape index (κ2) is 9.99. The van der Waals surface area contributed by atoms with Crippen LogP contribution >= 0.6 is 11.6 Å². The molecule has 0 unspecified atom stereocenters. The quantitative estimate of drug-likeness (QED) is 0.219. The lowest BCUT2D eigenvalue weighted by molar-refractivity contribution is -0.137. The summed E-state index contributed by atoms with van der Waals surface area (Å²) in [5, 5.41) is 0.843. The summed E-state index contributed by atoms with van der Waals surface area (Å²) in [5.41, 5.74) is 2.43. The molecule has 0 aliphatic carbocycles. The van der Waals surface area contributed by atoms with E-state index < -0.39 is 11.7 Å². The SMILES string of the molecule is FC(F)(F)c1cc(-c2cc3ncccc3c(Cl)n2)ccc1N(Cc1ccccc1)Cc1ccccc1. The van der Waals surface area contributed by atoms with Crippen LogP contribution in [-0.2, 0) is 19.3 Å². The molecular formula is C29H21ClF3N3. The second-order valence-electron chi connectivity index (χ2n) is 8.43. The van der Waals surface area contributed by atoms with Gasteiger partial charge in [0.2, 0.25) is 0 Å². The van der Waals surface area contributed by atoms with E-state index >= 15 is 0 Å². The van der Waals surface area contributed by atoms with Gasteiger partial charge in [-0.05, 0) is 41.5 Å². The number of halogens is 4. The Bertz CT molecular complexity index is 1450. The minimum absolute atomic E-state index is 0.101. The van der Waals surface area contributed by atoms with Gasteiger partial charge in [-0.25, -0.2) is 4.98 Å². The Morgan fingerprint density at radius 1 is 0.750 bits per heavy atom. The average Bonchev–Trinajstić information content (AvgIpc) is 2.89. The van der Waals surface area contributed by atoms with E-state index in [9.17, 15) is 13.2 Å². The normalized spacial score (nSPS) is 11.6. The Balaban J connectivity index is 1.61. The van der Waals surface area contributed by atoms with E-state index in [4.69, 9.17) is 11.6 Å². The first-order valence-electron chi connectivity index (χ1n) is 11.3. The lowest BCUT2D eigenvalue weighted by atomic mass is 10.0. The third-order valence-corrected chi connectivity index (χ3v) is 6.21. The second-order valence-corrected chi connectivity index (χ2v) is 8.78.